The number of unbranched alkanes of at least 4 members (excludes halogenated alkanes) is 4. The van der Waals surface area contributed by atoms with Crippen LogP contribution in [0.3, 0.4) is 0 Å². The Hall–Kier alpha value is -2.10. The Balaban J connectivity index is 2.34. The van der Waals surface area contributed by atoms with E-state index >= 15 is 0 Å². The van der Waals surface area contributed by atoms with Crippen LogP contribution in [0.15, 0.2) is 30.3 Å². The molecule has 0 spiro atoms. The highest BCUT2D eigenvalue weighted by atomic mass is 16.4. The van der Waals surface area contributed by atoms with Crippen LogP contribution in [-0.2, 0) is 9.59 Å². The van der Waals surface area contributed by atoms with Crippen LogP contribution < -0.4 is 5.32 Å². The van der Waals surface area contributed by atoms with Crippen molar-refractivity contribution in [3.63, 3.8) is 0 Å². The van der Waals surface area contributed by atoms with Crippen molar-refractivity contribution < 1.29 is 14.7 Å². The molecule has 114 valence electrons. The summed E-state index contributed by atoms with van der Waals surface area (Å²) in [5, 5.41) is 11.4. The van der Waals surface area contributed by atoms with E-state index in [9.17, 15) is 9.59 Å². The average molecular weight is 289 g/mol. The van der Waals surface area contributed by atoms with Crippen molar-refractivity contribution in [3.8, 4) is 0 Å². The van der Waals surface area contributed by atoms with Crippen molar-refractivity contribution in [2.45, 2.75) is 45.4 Å². The van der Waals surface area contributed by atoms with E-state index in [0.717, 1.165) is 30.2 Å². The lowest BCUT2D eigenvalue weighted by atomic mass is 10.1. The van der Waals surface area contributed by atoms with Crippen LogP contribution in [0.4, 0.5) is 5.69 Å². The molecule has 0 saturated heterocycles. The zero-order chi connectivity index (χ0) is 15.5. The lowest BCUT2D eigenvalue weighted by molar-refractivity contribution is -0.131. The molecule has 1 amide bonds. The number of hydrogen-bond donors (Lipinski definition) is 2. The third-order valence-corrected chi connectivity index (χ3v) is 3.12. The molecule has 4 nitrogen and oxygen atoms in total. The van der Waals surface area contributed by atoms with Crippen molar-refractivity contribution in [2.75, 3.05) is 5.32 Å². The van der Waals surface area contributed by atoms with Crippen LogP contribution in [0.1, 0.15) is 51.0 Å². The third kappa shape index (κ3) is 7.92. The molecule has 0 atom stereocenters. The van der Waals surface area contributed by atoms with Gasteiger partial charge in [-0.15, -0.1) is 0 Å². The minimum atomic E-state index is -0.976. The Morgan fingerprint density at radius 3 is 2.38 bits per heavy atom. The summed E-state index contributed by atoms with van der Waals surface area (Å²) in [7, 11) is 0. The van der Waals surface area contributed by atoms with Gasteiger partial charge in [-0.1, -0.05) is 44.7 Å². The molecule has 4 heteroatoms. The number of hydrogen-bond acceptors (Lipinski definition) is 2. The fourth-order valence-electron chi connectivity index (χ4n) is 1.96. The van der Waals surface area contributed by atoms with Gasteiger partial charge in [-0.2, -0.15) is 0 Å². The first-order chi connectivity index (χ1) is 10.1. The van der Waals surface area contributed by atoms with Crippen molar-refractivity contribution in [1.29, 1.82) is 0 Å². The number of amides is 1. The summed E-state index contributed by atoms with van der Waals surface area (Å²) in [5.74, 6) is -0.948. The van der Waals surface area contributed by atoms with E-state index in [-0.39, 0.29) is 5.91 Å². The van der Waals surface area contributed by atoms with Gasteiger partial charge in [-0.3, -0.25) is 4.79 Å². The normalized spacial score (nSPS) is 10.7. The molecule has 0 unspecified atom stereocenters. The maximum absolute atomic E-state index is 11.7. The molecule has 0 aliphatic carbocycles. The lowest BCUT2D eigenvalue weighted by Crippen LogP contribution is -2.10. The number of rotatable bonds is 9. The largest absolute Gasteiger partial charge is 0.478 e. The van der Waals surface area contributed by atoms with Gasteiger partial charge in [0.1, 0.15) is 0 Å². The zero-order valence-corrected chi connectivity index (χ0v) is 12.5. The van der Waals surface area contributed by atoms with Crippen LogP contribution >= 0.6 is 0 Å². The summed E-state index contributed by atoms with van der Waals surface area (Å²) in [4.78, 5) is 22.1. The predicted molar refractivity (Wildman–Crippen MR) is 85.1 cm³/mol. The highest BCUT2D eigenvalue weighted by molar-refractivity contribution is 5.91. The minimum absolute atomic E-state index is 0.0281. The molecule has 21 heavy (non-hydrogen) atoms. The summed E-state index contributed by atoms with van der Waals surface area (Å²) in [5.41, 5.74) is 1.52. The van der Waals surface area contributed by atoms with E-state index < -0.39 is 5.97 Å². The van der Waals surface area contributed by atoms with Gasteiger partial charge >= 0.3 is 5.97 Å². The average Bonchev–Trinajstić information content (AvgIpc) is 2.46. The number of carboxylic acid groups (broad SMARTS) is 1. The van der Waals surface area contributed by atoms with Crippen LogP contribution in [-0.4, -0.2) is 17.0 Å². The summed E-state index contributed by atoms with van der Waals surface area (Å²) >= 11 is 0. The van der Waals surface area contributed by atoms with Crippen LogP contribution in [0, 0.1) is 0 Å². The monoisotopic (exact) mass is 289 g/mol. The van der Waals surface area contributed by atoms with Crippen LogP contribution in [0.2, 0.25) is 0 Å². The van der Waals surface area contributed by atoms with Gasteiger partial charge < -0.3 is 10.4 Å². The summed E-state index contributed by atoms with van der Waals surface area (Å²) < 4.78 is 0. The zero-order valence-electron chi connectivity index (χ0n) is 12.5. The van der Waals surface area contributed by atoms with E-state index in [4.69, 9.17) is 5.11 Å². The number of carbonyl (C=O) groups excluding carboxylic acids is 1. The number of aliphatic carboxylic acids is 1. The molecule has 0 bridgehead atoms. The summed E-state index contributed by atoms with van der Waals surface area (Å²) in [6.07, 6.45) is 8.79. The van der Waals surface area contributed by atoms with Gasteiger partial charge in [-0.05, 0) is 30.2 Å². The topological polar surface area (TPSA) is 66.4 Å². The first-order valence-electron chi connectivity index (χ1n) is 7.42. The molecule has 1 aromatic rings. The molecule has 0 heterocycles. The molecule has 0 aliphatic heterocycles. The second kappa shape index (κ2) is 9.75. The van der Waals surface area contributed by atoms with Gasteiger partial charge in [0.2, 0.25) is 5.91 Å². The molecular weight excluding hydrogens is 266 g/mol. The van der Waals surface area contributed by atoms with Gasteiger partial charge in [0, 0.05) is 18.2 Å². The van der Waals surface area contributed by atoms with Crippen molar-refractivity contribution in [2.24, 2.45) is 0 Å². The Morgan fingerprint density at radius 2 is 1.76 bits per heavy atom. The molecule has 0 saturated carbocycles. The second-order valence-electron chi connectivity index (χ2n) is 5.01. The Labute approximate surface area is 125 Å². The highest BCUT2D eigenvalue weighted by Gasteiger charge is 2.02. The first-order valence-corrected chi connectivity index (χ1v) is 7.42. The molecular formula is C17H23NO3. The SMILES string of the molecule is CCCCCCCC(=O)Nc1ccc(/C=C/C(=O)O)cc1. The third-order valence-electron chi connectivity index (χ3n) is 3.12. The smallest absolute Gasteiger partial charge is 0.328 e. The van der Waals surface area contributed by atoms with Gasteiger partial charge in [0.25, 0.3) is 0 Å². The fraction of sp³-hybridized carbons (Fsp3) is 0.412. The molecule has 0 aromatic heterocycles. The van der Waals surface area contributed by atoms with Gasteiger partial charge in [0.15, 0.2) is 0 Å². The van der Waals surface area contributed by atoms with Crippen molar-refractivity contribution >= 4 is 23.6 Å². The Morgan fingerprint density at radius 1 is 1.10 bits per heavy atom. The number of carboxylic acids is 1. The van der Waals surface area contributed by atoms with E-state index in [2.05, 4.69) is 12.2 Å². The lowest BCUT2D eigenvalue weighted by Gasteiger charge is -2.05. The number of carbonyl (C=O) groups is 2. The first kappa shape index (κ1) is 17.0. The maximum Gasteiger partial charge on any atom is 0.328 e. The maximum atomic E-state index is 11.7. The molecule has 2 N–H and O–H groups in total. The van der Waals surface area contributed by atoms with E-state index in [0.29, 0.717) is 6.42 Å². The summed E-state index contributed by atoms with van der Waals surface area (Å²) in [6.45, 7) is 2.17. The summed E-state index contributed by atoms with van der Waals surface area (Å²) in [6, 6.07) is 7.10. The van der Waals surface area contributed by atoms with Crippen LogP contribution in [0.5, 0.6) is 0 Å². The minimum Gasteiger partial charge on any atom is -0.478 e. The Kier molecular flexibility index (Phi) is 7.87. The molecule has 1 rings (SSSR count). The highest BCUT2D eigenvalue weighted by Crippen LogP contribution is 2.12. The molecule has 0 aliphatic rings. The van der Waals surface area contributed by atoms with E-state index in [1.54, 1.807) is 24.3 Å². The van der Waals surface area contributed by atoms with Gasteiger partial charge in [0.05, 0.1) is 0 Å². The van der Waals surface area contributed by atoms with E-state index in [1.165, 1.54) is 25.3 Å². The van der Waals surface area contributed by atoms with E-state index in [1.807, 2.05) is 0 Å². The number of benzene rings is 1. The van der Waals surface area contributed by atoms with Crippen molar-refractivity contribution in [3.05, 3.63) is 35.9 Å². The number of nitrogens with one attached hydrogen (secondary N) is 1. The molecule has 0 radical (unpaired) electrons. The quantitative estimate of drug-likeness (QED) is 0.531. The van der Waals surface area contributed by atoms with Crippen molar-refractivity contribution in [1.82, 2.24) is 0 Å². The van der Waals surface area contributed by atoms with Gasteiger partial charge in [-0.25, -0.2) is 4.79 Å². The van der Waals surface area contributed by atoms with Crippen LogP contribution in [0.25, 0.3) is 6.08 Å². The molecule has 1 aromatic carbocycles. The second-order valence-corrected chi connectivity index (χ2v) is 5.01. The Bertz CT molecular complexity index is 477. The molecule has 0 fully saturated rings. The number of anilines is 1. The predicted octanol–water partition coefficient (Wildman–Crippen LogP) is 4.08. The standard InChI is InChI=1S/C17H23NO3/c1-2-3-4-5-6-7-16(19)18-15-11-8-14(9-12-15)10-13-17(20)21/h8-13H,2-7H2,1H3,(H,18,19)(H,20,21)/b13-10+. The fourth-order valence-corrected chi connectivity index (χ4v) is 1.96.